The van der Waals surface area contributed by atoms with Gasteiger partial charge in [-0.25, -0.2) is 0 Å². The lowest BCUT2D eigenvalue weighted by molar-refractivity contribution is -0.137. The van der Waals surface area contributed by atoms with Crippen molar-refractivity contribution >= 4 is 5.91 Å². The van der Waals surface area contributed by atoms with E-state index in [2.05, 4.69) is 4.98 Å². The second-order valence-corrected chi connectivity index (χ2v) is 6.84. The standard InChI is InChI=1S/C20H22F3N3O/c1-13-10-16(20(21,22)23)11-18(25-13)14-5-7-15(8-6-14)19(27)26-9-3-2-4-17(26)12-24/h5-8,10-11,17H,2-4,9,12,24H2,1H3/t17-/m1/s1. The minimum Gasteiger partial charge on any atom is -0.334 e. The molecule has 1 amide bonds. The summed E-state index contributed by atoms with van der Waals surface area (Å²) in [5, 5.41) is 0. The van der Waals surface area contributed by atoms with Crippen molar-refractivity contribution in [2.45, 2.75) is 38.4 Å². The van der Waals surface area contributed by atoms with Crippen molar-refractivity contribution in [3.8, 4) is 11.3 Å². The molecule has 2 heterocycles. The summed E-state index contributed by atoms with van der Waals surface area (Å²) in [5.41, 5.74) is 6.61. The van der Waals surface area contributed by atoms with Crippen LogP contribution in [0.3, 0.4) is 0 Å². The van der Waals surface area contributed by atoms with E-state index < -0.39 is 11.7 Å². The molecule has 4 nitrogen and oxygen atoms in total. The normalized spacial score (nSPS) is 17.8. The first-order valence-corrected chi connectivity index (χ1v) is 8.97. The van der Waals surface area contributed by atoms with Gasteiger partial charge in [-0.2, -0.15) is 13.2 Å². The van der Waals surface area contributed by atoms with Gasteiger partial charge < -0.3 is 10.6 Å². The number of pyridine rings is 1. The van der Waals surface area contributed by atoms with Crippen LogP contribution in [-0.4, -0.2) is 34.9 Å². The molecule has 0 spiro atoms. The van der Waals surface area contributed by atoms with E-state index in [-0.39, 0.29) is 17.6 Å². The van der Waals surface area contributed by atoms with Crippen LogP contribution in [0.4, 0.5) is 13.2 Å². The highest BCUT2D eigenvalue weighted by atomic mass is 19.4. The predicted molar refractivity (Wildman–Crippen MR) is 97.1 cm³/mol. The van der Waals surface area contributed by atoms with Gasteiger partial charge in [0.1, 0.15) is 0 Å². The number of halogens is 3. The van der Waals surface area contributed by atoms with Gasteiger partial charge in [0.2, 0.25) is 0 Å². The smallest absolute Gasteiger partial charge is 0.334 e. The number of rotatable bonds is 3. The number of piperidine rings is 1. The average molecular weight is 377 g/mol. The van der Waals surface area contributed by atoms with Crippen LogP contribution in [0, 0.1) is 6.92 Å². The van der Waals surface area contributed by atoms with Crippen molar-refractivity contribution in [3.05, 3.63) is 53.2 Å². The second kappa shape index (κ2) is 7.68. The van der Waals surface area contributed by atoms with E-state index in [1.54, 1.807) is 29.2 Å². The Morgan fingerprint density at radius 3 is 2.56 bits per heavy atom. The highest BCUT2D eigenvalue weighted by Crippen LogP contribution is 2.32. The molecule has 2 aromatic rings. The molecule has 3 rings (SSSR count). The summed E-state index contributed by atoms with van der Waals surface area (Å²) in [4.78, 5) is 18.8. The Bertz CT molecular complexity index is 818. The van der Waals surface area contributed by atoms with Gasteiger partial charge in [-0.3, -0.25) is 9.78 Å². The number of carbonyl (C=O) groups is 1. The van der Waals surface area contributed by atoms with E-state index in [1.165, 1.54) is 6.92 Å². The van der Waals surface area contributed by atoms with E-state index in [0.29, 0.717) is 29.9 Å². The molecule has 1 aromatic heterocycles. The third-order valence-electron chi connectivity index (χ3n) is 4.87. The third kappa shape index (κ3) is 4.30. The molecular weight excluding hydrogens is 355 g/mol. The van der Waals surface area contributed by atoms with E-state index in [1.807, 2.05) is 0 Å². The van der Waals surface area contributed by atoms with Crippen molar-refractivity contribution < 1.29 is 18.0 Å². The van der Waals surface area contributed by atoms with Crippen molar-refractivity contribution in [2.24, 2.45) is 5.73 Å². The third-order valence-corrected chi connectivity index (χ3v) is 4.87. The van der Waals surface area contributed by atoms with Gasteiger partial charge in [0.05, 0.1) is 11.3 Å². The Morgan fingerprint density at radius 1 is 1.22 bits per heavy atom. The van der Waals surface area contributed by atoms with Crippen molar-refractivity contribution in [1.29, 1.82) is 0 Å². The predicted octanol–water partition coefficient (Wildman–Crippen LogP) is 4.03. The number of aromatic nitrogens is 1. The molecule has 2 N–H and O–H groups in total. The molecule has 0 aliphatic carbocycles. The molecule has 0 unspecified atom stereocenters. The van der Waals surface area contributed by atoms with E-state index in [4.69, 9.17) is 5.73 Å². The van der Waals surface area contributed by atoms with E-state index >= 15 is 0 Å². The van der Waals surface area contributed by atoms with Crippen molar-refractivity contribution in [3.63, 3.8) is 0 Å². The molecule has 1 atom stereocenters. The fourth-order valence-electron chi connectivity index (χ4n) is 3.44. The number of nitrogens with zero attached hydrogens (tertiary/aromatic N) is 2. The van der Waals surface area contributed by atoms with Gasteiger partial charge in [0.25, 0.3) is 5.91 Å². The van der Waals surface area contributed by atoms with E-state index in [9.17, 15) is 18.0 Å². The molecule has 0 radical (unpaired) electrons. The van der Waals surface area contributed by atoms with Gasteiger partial charge in [-0.15, -0.1) is 0 Å². The number of hydrogen-bond acceptors (Lipinski definition) is 3. The van der Waals surface area contributed by atoms with Crippen LogP contribution in [0.2, 0.25) is 0 Å². The Labute approximate surface area is 156 Å². The number of amides is 1. The number of hydrogen-bond donors (Lipinski definition) is 1. The lowest BCUT2D eigenvalue weighted by Gasteiger charge is -2.35. The number of carbonyl (C=O) groups excluding carboxylic acids is 1. The van der Waals surface area contributed by atoms with Crippen LogP contribution in [0.1, 0.15) is 40.9 Å². The summed E-state index contributed by atoms with van der Waals surface area (Å²) in [6.45, 7) is 2.63. The van der Waals surface area contributed by atoms with Crippen LogP contribution in [-0.2, 0) is 6.18 Å². The number of nitrogens with two attached hydrogens (primary N) is 1. The zero-order chi connectivity index (χ0) is 19.6. The Balaban J connectivity index is 1.85. The summed E-state index contributed by atoms with van der Waals surface area (Å²) < 4.78 is 39.1. The summed E-state index contributed by atoms with van der Waals surface area (Å²) >= 11 is 0. The lowest BCUT2D eigenvalue weighted by atomic mass is 10.00. The molecule has 1 saturated heterocycles. The molecule has 27 heavy (non-hydrogen) atoms. The van der Waals surface area contributed by atoms with Gasteiger partial charge in [0.15, 0.2) is 0 Å². The summed E-state index contributed by atoms with van der Waals surface area (Å²) in [5.74, 6) is -0.0927. The first kappa shape index (κ1) is 19.4. The Morgan fingerprint density at radius 2 is 1.93 bits per heavy atom. The molecule has 1 fully saturated rings. The zero-order valence-electron chi connectivity index (χ0n) is 15.1. The quantitative estimate of drug-likeness (QED) is 0.879. The van der Waals surface area contributed by atoms with Crippen molar-refractivity contribution in [1.82, 2.24) is 9.88 Å². The summed E-state index contributed by atoms with van der Waals surface area (Å²) in [7, 11) is 0. The maximum Gasteiger partial charge on any atom is 0.416 e. The number of aryl methyl sites for hydroxylation is 1. The monoisotopic (exact) mass is 377 g/mol. The van der Waals surface area contributed by atoms with E-state index in [0.717, 1.165) is 31.4 Å². The van der Waals surface area contributed by atoms with Crippen LogP contribution >= 0.6 is 0 Å². The van der Waals surface area contributed by atoms with Gasteiger partial charge in [-0.1, -0.05) is 12.1 Å². The van der Waals surface area contributed by atoms with Gasteiger partial charge in [0, 0.05) is 36.0 Å². The Hall–Kier alpha value is -2.41. The fourth-order valence-corrected chi connectivity index (χ4v) is 3.44. The SMILES string of the molecule is Cc1cc(C(F)(F)F)cc(-c2ccc(C(=O)N3CCCC[C@@H]3CN)cc2)n1. The molecular formula is C20H22F3N3O. The molecule has 1 aromatic carbocycles. The molecule has 0 bridgehead atoms. The largest absolute Gasteiger partial charge is 0.416 e. The first-order chi connectivity index (χ1) is 12.8. The second-order valence-electron chi connectivity index (χ2n) is 6.84. The molecule has 144 valence electrons. The number of alkyl halides is 3. The van der Waals surface area contributed by atoms with Crippen LogP contribution in [0.15, 0.2) is 36.4 Å². The van der Waals surface area contributed by atoms with Crippen LogP contribution in [0.5, 0.6) is 0 Å². The fraction of sp³-hybridized carbons (Fsp3) is 0.400. The Kier molecular flexibility index (Phi) is 5.51. The topological polar surface area (TPSA) is 59.2 Å². The maximum atomic E-state index is 13.0. The molecule has 0 saturated carbocycles. The first-order valence-electron chi connectivity index (χ1n) is 8.97. The number of benzene rings is 1. The van der Waals surface area contributed by atoms with Crippen molar-refractivity contribution in [2.75, 3.05) is 13.1 Å². The molecule has 1 aliphatic heterocycles. The average Bonchev–Trinajstić information content (AvgIpc) is 2.66. The molecule has 1 aliphatic rings. The van der Waals surface area contributed by atoms with Gasteiger partial charge >= 0.3 is 6.18 Å². The maximum absolute atomic E-state index is 13.0. The van der Waals surface area contributed by atoms with Crippen LogP contribution < -0.4 is 5.73 Å². The minimum absolute atomic E-state index is 0.0405. The highest BCUT2D eigenvalue weighted by Gasteiger charge is 2.31. The minimum atomic E-state index is -4.43. The number of likely N-dealkylation sites (tertiary alicyclic amines) is 1. The highest BCUT2D eigenvalue weighted by molar-refractivity contribution is 5.95. The molecule has 7 heteroatoms. The van der Waals surface area contributed by atoms with Gasteiger partial charge in [-0.05, 0) is 50.5 Å². The van der Waals surface area contributed by atoms with Crippen LogP contribution in [0.25, 0.3) is 11.3 Å². The summed E-state index contributed by atoms with van der Waals surface area (Å²) in [6.07, 6.45) is -1.52. The zero-order valence-corrected chi connectivity index (χ0v) is 15.1. The summed E-state index contributed by atoms with van der Waals surface area (Å²) in [6, 6.07) is 8.63. The lowest BCUT2D eigenvalue weighted by Crippen LogP contribution is -2.47.